The van der Waals surface area contributed by atoms with Crippen LogP contribution in [-0.4, -0.2) is 71.2 Å². The summed E-state index contributed by atoms with van der Waals surface area (Å²) >= 11 is 0. The van der Waals surface area contributed by atoms with Crippen molar-refractivity contribution in [1.29, 1.82) is 0 Å². The second kappa shape index (κ2) is 13.3. The van der Waals surface area contributed by atoms with Crippen LogP contribution in [0.2, 0.25) is 0 Å². The van der Waals surface area contributed by atoms with Crippen molar-refractivity contribution in [3.05, 3.63) is 52.7 Å². The SMILES string of the molecule is CCCN1CCc2cc(-c3c(C(=O)NCC)noc3-c3cc(C(C)C)c(O)cc3O)ccc2C1.CN(C)C=O. The Morgan fingerprint density at radius 3 is 2.49 bits per heavy atom. The van der Waals surface area contributed by atoms with Crippen molar-refractivity contribution in [3.8, 4) is 33.9 Å². The second-order valence-corrected chi connectivity index (χ2v) is 10.3. The Morgan fingerprint density at radius 2 is 1.87 bits per heavy atom. The highest BCUT2D eigenvalue weighted by Gasteiger charge is 2.28. The quantitative estimate of drug-likeness (QED) is 0.355. The summed E-state index contributed by atoms with van der Waals surface area (Å²) < 4.78 is 5.69. The van der Waals surface area contributed by atoms with Crippen molar-refractivity contribution < 1.29 is 24.3 Å². The molecular formula is C30H40N4O5. The molecule has 2 heterocycles. The second-order valence-electron chi connectivity index (χ2n) is 10.3. The van der Waals surface area contributed by atoms with Crippen LogP contribution in [0.1, 0.15) is 67.2 Å². The average molecular weight is 537 g/mol. The molecule has 1 aliphatic heterocycles. The largest absolute Gasteiger partial charge is 0.508 e. The van der Waals surface area contributed by atoms with E-state index in [0.717, 1.165) is 44.4 Å². The number of nitrogens with one attached hydrogen (secondary N) is 1. The maximum atomic E-state index is 12.9. The molecule has 0 radical (unpaired) electrons. The summed E-state index contributed by atoms with van der Waals surface area (Å²) in [4.78, 5) is 26.2. The van der Waals surface area contributed by atoms with Crippen LogP contribution in [0.4, 0.5) is 0 Å². The highest BCUT2D eigenvalue weighted by Crippen LogP contribution is 2.43. The van der Waals surface area contributed by atoms with Crippen LogP contribution in [0.15, 0.2) is 34.9 Å². The molecule has 39 heavy (non-hydrogen) atoms. The smallest absolute Gasteiger partial charge is 0.274 e. The Hall–Kier alpha value is -3.85. The lowest BCUT2D eigenvalue weighted by molar-refractivity contribution is -0.115. The molecule has 4 rings (SSSR count). The number of phenols is 2. The van der Waals surface area contributed by atoms with Gasteiger partial charge in [0.25, 0.3) is 5.91 Å². The minimum absolute atomic E-state index is 0.0201. The number of rotatable bonds is 8. The molecule has 0 saturated heterocycles. The predicted octanol–water partition coefficient (Wildman–Crippen LogP) is 4.77. The fourth-order valence-electron chi connectivity index (χ4n) is 4.65. The van der Waals surface area contributed by atoms with Gasteiger partial charge in [0.1, 0.15) is 11.5 Å². The molecule has 1 aliphatic rings. The lowest BCUT2D eigenvalue weighted by Crippen LogP contribution is -2.31. The molecule has 0 bridgehead atoms. The van der Waals surface area contributed by atoms with Gasteiger partial charge in [-0.05, 0) is 60.5 Å². The maximum absolute atomic E-state index is 12.9. The number of benzene rings is 2. The van der Waals surface area contributed by atoms with Gasteiger partial charge >= 0.3 is 0 Å². The minimum Gasteiger partial charge on any atom is -0.508 e. The first-order valence-electron chi connectivity index (χ1n) is 13.4. The maximum Gasteiger partial charge on any atom is 0.274 e. The molecule has 2 aromatic carbocycles. The van der Waals surface area contributed by atoms with Crippen molar-refractivity contribution in [2.45, 2.75) is 53.0 Å². The number of amides is 2. The van der Waals surface area contributed by atoms with Crippen LogP contribution >= 0.6 is 0 Å². The molecule has 9 nitrogen and oxygen atoms in total. The van der Waals surface area contributed by atoms with E-state index in [4.69, 9.17) is 4.52 Å². The topological polar surface area (TPSA) is 119 Å². The summed E-state index contributed by atoms with van der Waals surface area (Å²) in [5.74, 6) is -0.101. The minimum atomic E-state index is -0.332. The molecule has 3 N–H and O–H groups in total. The Labute approximate surface area is 230 Å². The summed E-state index contributed by atoms with van der Waals surface area (Å²) in [7, 11) is 3.38. The standard InChI is InChI=1S/C27H33N3O4.C3H7NO/c1-5-10-30-11-9-17-12-18(7-8-19(17)15-30)24-25(27(33)28-6-2)29-34-26(24)21-13-20(16(3)4)22(31)14-23(21)32;1-4(2)3-5/h7-8,12-14,16,31-32H,5-6,9-11,15H2,1-4H3,(H,28,33);3H,1-2H3. The van der Waals surface area contributed by atoms with Crippen LogP contribution in [0.25, 0.3) is 22.5 Å². The van der Waals surface area contributed by atoms with E-state index in [1.54, 1.807) is 20.2 Å². The van der Waals surface area contributed by atoms with E-state index in [-0.39, 0.29) is 29.0 Å². The number of carbonyl (C=O) groups excluding carboxylic acids is 2. The van der Waals surface area contributed by atoms with Gasteiger partial charge in [0.15, 0.2) is 11.5 Å². The average Bonchev–Trinajstić information content (AvgIpc) is 3.34. The summed E-state index contributed by atoms with van der Waals surface area (Å²) in [5, 5.41) is 27.9. The van der Waals surface area contributed by atoms with E-state index in [1.165, 1.54) is 22.1 Å². The molecule has 3 aromatic rings. The number of fused-ring (bicyclic) bond motifs is 1. The van der Waals surface area contributed by atoms with Crippen LogP contribution in [0.3, 0.4) is 0 Å². The Bertz CT molecular complexity index is 1300. The molecule has 2 amide bonds. The predicted molar refractivity (Wildman–Crippen MR) is 152 cm³/mol. The fourth-order valence-corrected chi connectivity index (χ4v) is 4.65. The highest BCUT2D eigenvalue weighted by atomic mass is 16.5. The van der Waals surface area contributed by atoms with E-state index in [0.29, 0.717) is 29.0 Å². The van der Waals surface area contributed by atoms with Gasteiger partial charge in [-0.25, -0.2) is 0 Å². The van der Waals surface area contributed by atoms with Gasteiger partial charge < -0.3 is 25.0 Å². The van der Waals surface area contributed by atoms with Crippen molar-refractivity contribution in [2.24, 2.45) is 0 Å². The number of hydrogen-bond acceptors (Lipinski definition) is 7. The summed E-state index contributed by atoms with van der Waals surface area (Å²) in [5.41, 5.74) is 5.15. The first-order valence-corrected chi connectivity index (χ1v) is 13.4. The van der Waals surface area contributed by atoms with Crippen molar-refractivity contribution >= 4 is 12.3 Å². The van der Waals surface area contributed by atoms with Crippen LogP contribution in [0.5, 0.6) is 11.5 Å². The zero-order valence-corrected chi connectivity index (χ0v) is 23.7. The van der Waals surface area contributed by atoms with E-state index >= 15 is 0 Å². The molecule has 0 saturated carbocycles. The molecule has 210 valence electrons. The van der Waals surface area contributed by atoms with E-state index < -0.39 is 0 Å². The lowest BCUT2D eigenvalue weighted by atomic mass is 9.91. The zero-order chi connectivity index (χ0) is 28.7. The van der Waals surface area contributed by atoms with E-state index in [2.05, 4.69) is 34.4 Å². The molecule has 9 heteroatoms. The summed E-state index contributed by atoms with van der Waals surface area (Å²) in [6, 6.07) is 9.24. The van der Waals surface area contributed by atoms with Gasteiger partial charge in [-0.2, -0.15) is 0 Å². The third-order valence-corrected chi connectivity index (χ3v) is 6.59. The van der Waals surface area contributed by atoms with Crippen LogP contribution < -0.4 is 5.32 Å². The van der Waals surface area contributed by atoms with E-state index in [9.17, 15) is 19.8 Å². The number of aromatic hydroxyl groups is 2. The first kappa shape index (κ1) is 29.7. The molecular weight excluding hydrogens is 496 g/mol. The number of phenolic OH excluding ortho intramolecular Hbond substituents is 2. The first-order chi connectivity index (χ1) is 18.6. The van der Waals surface area contributed by atoms with E-state index in [1.807, 2.05) is 26.8 Å². The Morgan fingerprint density at radius 1 is 1.15 bits per heavy atom. The summed E-state index contributed by atoms with van der Waals surface area (Å²) in [6.45, 7) is 11.4. The lowest BCUT2D eigenvalue weighted by Gasteiger charge is -2.28. The fraction of sp³-hybridized carbons (Fsp3) is 0.433. The molecule has 0 aliphatic carbocycles. The van der Waals surface area contributed by atoms with Crippen molar-refractivity contribution in [2.75, 3.05) is 33.7 Å². The molecule has 0 atom stereocenters. The number of hydrogen-bond donors (Lipinski definition) is 3. The van der Waals surface area contributed by atoms with Crippen molar-refractivity contribution in [3.63, 3.8) is 0 Å². The van der Waals surface area contributed by atoms with Crippen LogP contribution in [0, 0.1) is 0 Å². The normalized spacial score (nSPS) is 12.9. The van der Waals surface area contributed by atoms with Crippen molar-refractivity contribution in [1.82, 2.24) is 20.3 Å². The monoisotopic (exact) mass is 536 g/mol. The van der Waals surface area contributed by atoms with Crippen LogP contribution in [-0.2, 0) is 17.8 Å². The van der Waals surface area contributed by atoms with Gasteiger partial charge in [0.05, 0.1) is 11.1 Å². The van der Waals surface area contributed by atoms with Gasteiger partial charge in [0, 0.05) is 39.8 Å². The third-order valence-electron chi connectivity index (χ3n) is 6.59. The van der Waals surface area contributed by atoms with Gasteiger partial charge in [-0.1, -0.05) is 44.1 Å². The highest BCUT2D eigenvalue weighted by molar-refractivity contribution is 6.02. The van der Waals surface area contributed by atoms with Gasteiger partial charge in [-0.3, -0.25) is 14.5 Å². The number of carbonyl (C=O) groups is 2. The molecule has 0 spiro atoms. The Balaban J connectivity index is 0.000000771. The number of nitrogens with zero attached hydrogens (tertiary/aromatic N) is 3. The summed E-state index contributed by atoms with van der Waals surface area (Å²) in [6.07, 6.45) is 2.81. The number of aromatic nitrogens is 1. The van der Waals surface area contributed by atoms with Gasteiger partial charge in [-0.15, -0.1) is 0 Å². The molecule has 0 unspecified atom stereocenters. The molecule has 0 fully saturated rings. The zero-order valence-electron chi connectivity index (χ0n) is 23.7. The molecule has 1 aromatic heterocycles. The third kappa shape index (κ3) is 6.97. The van der Waals surface area contributed by atoms with Gasteiger partial charge in [0.2, 0.25) is 6.41 Å². The Kier molecular flexibility index (Phi) is 10.1.